The Balaban J connectivity index is 1.61. The van der Waals surface area contributed by atoms with E-state index in [2.05, 4.69) is 5.32 Å². The molecule has 0 spiro atoms. The number of rotatable bonds is 6. The molecular formula is C18H21NO5S. The summed E-state index contributed by atoms with van der Waals surface area (Å²) in [6.07, 6.45) is 2.10. The molecule has 0 atom stereocenters. The van der Waals surface area contributed by atoms with Gasteiger partial charge in [0.2, 0.25) is 0 Å². The van der Waals surface area contributed by atoms with Gasteiger partial charge in [-0.1, -0.05) is 12.1 Å². The van der Waals surface area contributed by atoms with Gasteiger partial charge in [-0.2, -0.15) is 11.8 Å². The largest absolute Gasteiger partial charge is 0.493 e. The lowest BCUT2D eigenvalue weighted by atomic mass is 10.1. The third-order valence-corrected chi connectivity index (χ3v) is 5.48. The minimum Gasteiger partial charge on any atom is -0.493 e. The van der Waals surface area contributed by atoms with Crippen LogP contribution in [0.2, 0.25) is 0 Å². The zero-order chi connectivity index (χ0) is 17.6. The molecule has 0 radical (unpaired) electrons. The van der Waals surface area contributed by atoms with E-state index in [-0.39, 0.29) is 5.56 Å². The summed E-state index contributed by atoms with van der Waals surface area (Å²) in [6, 6.07) is 6.81. The number of hydrogen-bond acceptors (Lipinski definition) is 6. The fourth-order valence-corrected chi connectivity index (χ4v) is 3.84. The minimum atomic E-state index is -0.661. The van der Waals surface area contributed by atoms with E-state index in [9.17, 15) is 9.59 Å². The standard InChI is InChI=1S/C18H21NO5S/c1-22-15-4-2-3-12-11-14(18(21)24-16(12)15)17(20)19-7-10-25-13-5-8-23-9-6-13/h2-4,11,13H,5-10H2,1H3,(H,19,20). The number of ether oxygens (including phenoxy) is 2. The smallest absolute Gasteiger partial charge is 0.349 e. The molecule has 1 aliphatic rings. The summed E-state index contributed by atoms with van der Waals surface area (Å²) in [6.45, 7) is 2.13. The van der Waals surface area contributed by atoms with Gasteiger partial charge in [0.1, 0.15) is 5.56 Å². The number of carbonyl (C=O) groups excluding carboxylic acids is 1. The normalized spacial score (nSPS) is 15.2. The second-order valence-electron chi connectivity index (χ2n) is 5.76. The number of nitrogens with one attached hydrogen (secondary N) is 1. The van der Waals surface area contributed by atoms with Crippen molar-refractivity contribution < 1.29 is 18.7 Å². The topological polar surface area (TPSA) is 77.8 Å². The number of para-hydroxylation sites is 1. The monoisotopic (exact) mass is 363 g/mol. The average Bonchev–Trinajstić information content (AvgIpc) is 2.65. The van der Waals surface area contributed by atoms with Crippen molar-refractivity contribution in [2.45, 2.75) is 18.1 Å². The van der Waals surface area contributed by atoms with Gasteiger partial charge in [-0.25, -0.2) is 4.79 Å². The highest BCUT2D eigenvalue weighted by molar-refractivity contribution is 7.99. The highest BCUT2D eigenvalue weighted by Gasteiger charge is 2.16. The average molecular weight is 363 g/mol. The Morgan fingerprint density at radius 1 is 1.36 bits per heavy atom. The molecule has 1 N–H and O–H groups in total. The third-order valence-electron chi connectivity index (χ3n) is 4.10. The number of amides is 1. The predicted molar refractivity (Wildman–Crippen MR) is 97.7 cm³/mol. The Morgan fingerprint density at radius 2 is 2.16 bits per heavy atom. The van der Waals surface area contributed by atoms with Crippen LogP contribution in [-0.2, 0) is 4.74 Å². The van der Waals surface area contributed by atoms with E-state index in [4.69, 9.17) is 13.9 Å². The van der Waals surface area contributed by atoms with Gasteiger partial charge in [-0.3, -0.25) is 4.79 Å². The number of hydrogen-bond donors (Lipinski definition) is 1. The molecule has 0 bridgehead atoms. The van der Waals surface area contributed by atoms with Crippen LogP contribution in [0.25, 0.3) is 11.0 Å². The number of carbonyl (C=O) groups is 1. The Morgan fingerprint density at radius 3 is 2.92 bits per heavy atom. The highest BCUT2D eigenvalue weighted by Crippen LogP contribution is 2.24. The van der Waals surface area contributed by atoms with Crippen molar-refractivity contribution in [1.82, 2.24) is 5.32 Å². The lowest BCUT2D eigenvalue weighted by Crippen LogP contribution is -2.30. The van der Waals surface area contributed by atoms with Crippen molar-refractivity contribution in [2.24, 2.45) is 0 Å². The number of methoxy groups -OCH3 is 1. The zero-order valence-corrected chi connectivity index (χ0v) is 14.9. The molecule has 7 heteroatoms. The summed E-state index contributed by atoms with van der Waals surface area (Å²) in [5.41, 5.74) is -0.301. The molecule has 0 aliphatic carbocycles. The van der Waals surface area contributed by atoms with Crippen LogP contribution in [-0.4, -0.2) is 43.8 Å². The van der Waals surface area contributed by atoms with Gasteiger partial charge < -0.3 is 19.2 Å². The zero-order valence-electron chi connectivity index (χ0n) is 14.1. The summed E-state index contributed by atoms with van der Waals surface area (Å²) in [4.78, 5) is 24.4. The van der Waals surface area contributed by atoms with Gasteiger partial charge in [0.25, 0.3) is 5.91 Å². The number of fused-ring (bicyclic) bond motifs is 1. The lowest BCUT2D eigenvalue weighted by molar-refractivity contribution is 0.0951. The molecule has 3 rings (SSSR count). The molecule has 2 heterocycles. The minimum absolute atomic E-state index is 0.0109. The van der Waals surface area contributed by atoms with Crippen LogP contribution in [0.15, 0.2) is 33.5 Å². The third kappa shape index (κ3) is 4.35. The summed E-state index contributed by atoms with van der Waals surface area (Å²) in [5.74, 6) is 0.865. The van der Waals surface area contributed by atoms with Gasteiger partial charge in [-0.15, -0.1) is 0 Å². The molecule has 0 saturated carbocycles. The Bertz CT molecular complexity index is 798. The first kappa shape index (κ1) is 17.8. The molecular weight excluding hydrogens is 342 g/mol. The van der Waals surface area contributed by atoms with Crippen LogP contribution in [0.1, 0.15) is 23.2 Å². The summed E-state index contributed by atoms with van der Waals surface area (Å²) in [5, 5.41) is 4.03. The molecule has 0 unspecified atom stereocenters. The molecule has 1 fully saturated rings. The Hall–Kier alpha value is -1.99. The van der Waals surface area contributed by atoms with Crippen molar-refractivity contribution in [3.8, 4) is 5.75 Å². The van der Waals surface area contributed by atoms with E-state index < -0.39 is 11.5 Å². The van der Waals surface area contributed by atoms with E-state index >= 15 is 0 Å². The molecule has 1 saturated heterocycles. The van der Waals surface area contributed by atoms with Crippen LogP contribution in [0.4, 0.5) is 0 Å². The second kappa shape index (κ2) is 8.40. The summed E-state index contributed by atoms with van der Waals surface area (Å²) in [7, 11) is 1.51. The van der Waals surface area contributed by atoms with Crippen LogP contribution in [0, 0.1) is 0 Å². The van der Waals surface area contributed by atoms with Gasteiger partial charge in [0.05, 0.1) is 7.11 Å². The van der Waals surface area contributed by atoms with Gasteiger partial charge >= 0.3 is 5.63 Å². The molecule has 25 heavy (non-hydrogen) atoms. The van der Waals surface area contributed by atoms with E-state index in [1.165, 1.54) is 7.11 Å². The Labute approximate surface area is 149 Å². The van der Waals surface area contributed by atoms with Crippen LogP contribution in [0.5, 0.6) is 5.75 Å². The molecule has 1 aromatic heterocycles. The van der Waals surface area contributed by atoms with Gasteiger partial charge in [0, 0.05) is 36.1 Å². The maximum atomic E-state index is 12.3. The van der Waals surface area contributed by atoms with E-state index in [1.807, 2.05) is 11.8 Å². The van der Waals surface area contributed by atoms with Crippen LogP contribution < -0.4 is 15.7 Å². The molecule has 2 aromatic rings. The molecule has 1 aromatic carbocycles. The first-order chi connectivity index (χ1) is 12.2. The van der Waals surface area contributed by atoms with Crippen LogP contribution in [0.3, 0.4) is 0 Å². The van der Waals surface area contributed by atoms with Crippen molar-refractivity contribution >= 4 is 28.6 Å². The quantitative estimate of drug-likeness (QED) is 0.627. The summed E-state index contributed by atoms with van der Waals surface area (Å²) >= 11 is 1.83. The van der Waals surface area contributed by atoms with Crippen molar-refractivity contribution in [3.63, 3.8) is 0 Å². The SMILES string of the molecule is COc1cccc2cc(C(=O)NCCSC3CCOCC3)c(=O)oc12. The van der Waals surface area contributed by atoms with Gasteiger partial charge in [-0.05, 0) is 25.0 Å². The highest BCUT2D eigenvalue weighted by atomic mass is 32.2. The van der Waals surface area contributed by atoms with E-state index in [0.29, 0.717) is 28.5 Å². The fourth-order valence-electron chi connectivity index (χ4n) is 2.76. The lowest BCUT2D eigenvalue weighted by Gasteiger charge is -2.21. The molecule has 1 aliphatic heterocycles. The first-order valence-corrected chi connectivity index (χ1v) is 9.32. The fraction of sp³-hybridized carbons (Fsp3) is 0.444. The Kier molecular flexibility index (Phi) is 5.99. The van der Waals surface area contributed by atoms with Crippen LogP contribution >= 0.6 is 11.8 Å². The number of benzene rings is 1. The summed E-state index contributed by atoms with van der Waals surface area (Å²) < 4.78 is 15.8. The van der Waals surface area contributed by atoms with Crippen molar-refractivity contribution in [1.29, 1.82) is 0 Å². The molecule has 1 amide bonds. The predicted octanol–water partition coefficient (Wildman–Crippen LogP) is 2.44. The van der Waals surface area contributed by atoms with Crippen molar-refractivity contribution in [2.75, 3.05) is 32.6 Å². The molecule has 134 valence electrons. The maximum absolute atomic E-state index is 12.3. The second-order valence-corrected chi connectivity index (χ2v) is 7.17. The van der Waals surface area contributed by atoms with E-state index in [1.54, 1.807) is 24.3 Å². The van der Waals surface area contributed by atoms with E-state index in [0.717, 1.165) is 31.8 Å². The maximum Gasteiger partial charge on any atom is 0.349 e. The van der Waals surface area contributed by atoms with Gasteiger partial charge in [0.15, 0.2) is 11.3 Å². The molecule has 6 nitrogen and oxygen atoms in total. The first-order valence-electron chi connectivity index (χ1n) is 8.27. The number of thioether (sulfide) groups is 1. The van der Waals surface area contributed by atoms with Crippen molar-refractivity contribution in [3.05, 3.63) is 40.2 Å².